The fourth-order valence-electron chi connectivity index (χ4n) is 2.71. The molecular weight excluding hydrogens is 278 g/mol. The zero-order chi connectivity index (χ0) is 15.8. The summed E-state index contributed by atoms with van der Waals surface area (Å²) in [4.78, 5) is 30.1. The van der Waals surface area contributed by atoms with Crippen molar-refractivity contribution in [2.45, 2.75) is 45.6 Å². The molecule has 0 aromatic carbocycles. The maximum Gasteiger partial charge on any atom is 0.223 e. The van der Waals surface area contributed by atoms with Crippen LogP contribution in [0.1, 0.15) is 44.6 Å². The molecule has 120 valence electrons. The summed E-state index contributed by atoms with van der Waals surface area (Å²) in [6.45, 7) is 4.01. The number of piperidine rings is 1. The van der Waals surface area contributed by atoms with Crippen LogP contribution < -0.4 is 5.32 Å². The van der Waals surface area contributed by atoms with Crippen LogP contribution in [0.5, 0.6) is 0 Å². The van der Waals surface area contributed by atoms with Crippen molar-refractivity contribution in [3.05, 3.63) is 30.1 Å². The number of hydrogen-bond acceptors (Lipinski definition) is 3. The number of carbonyl (C=O) groups is 2. The Morgan fingerprint density at radius 3 is 2.77 bits per heavy atom. The van der Waals surface area contributed by atoms with Gasteiger partial charge in [0.05, 0.1) is 0 Å². The van der Waals surface area contributed by atoms with E-state index in [4.69, 9.17) is 0 Å². The van der Waals surface area contributed by atoms with Crippen LogP contribution in [0.25, 0.3) is 0 Å². The highest BCUT2D eigenvalue weighted by Crippen LogP contribution is 2.18. The second kappa shape index (κ2) is 8.51. The Hall–Kier alpha value is -1.91. The van der Waals surface area contributed by atoms with Crippen molar-refractivity contribution in [1.82, 2.24) is 15.2 Å². The molecule has 0 spiro atoms. The smallest absolute Gasteiger partial charge is 0.223 e. The normalized spacial score (nSPS) is 15.6. The molecule has 0 bridgehead atoms. The Bertz CT molecular complexity index is 482. The molecule has 1 aromatic rings. The van der Waals surface area contributed by atoms with Crippen molar-refractivity contribution in [2.75, 3.05) is 13.1 Å². The number of unbranched alkanes of at least 4 members (excludes halogenated alkanes) is 1. The first-order valence-corrected chi connectivity index (χ1v) is 8.15. The summed E-state index contributed by atoms with van der Waals surface area (Å²) in [5, 5.41) is 2.96. The number of nitrogens with zero attached hydrogens (tertiary/aromatic N) is 2. The van der Waals surface area contributed by atoms with Gasteiger partial charge >= 0.3 is 0 Å². The van der Waals surface area contributed by atoms with Gasteiger partial charge in [-0.05, 0) is 30.9 Å². The Kier molecular flexibility index (Phi) is 6.37. The van der Waals surface area contributed by atoms with E-state index in [1.807, 2.05) is 17.0 Å². The third-order valence-corrected chi connectivity index (χ3v) is 4.15. The lowest BCUT2D eigenvalue weighted by Gasteiger charge is -2.31. The van der Waals surface area contributed by atoms with E-state index in [-0.39, 0.29) is 17.7 Å². The van der Waals surface area contributed by atoms with Crippen LogP contribution >= 0.6 is 0 Å². The van der Waals surface area contributed by atoms with Gasteiger partial charge in [0.15, 0.2) is 0 Å². The van der Waals surface area contributed by atoms with Gasteiger partial charge in [-0.25, -0.2) is 0 Å². The number of nitrogens with one attached hydrogen (secondary N) is 1. The third kappa shape index (κ3) is 4.83. The first-order valence-electron chi connectivity index (χ1n) is 8.15. The van der Waals surface area contributed by atoms with Gasteiger partial charge in [0, 0.05) is 44.4 Å². The minimum Gasteiger partial charge on any atom is -0.352 e. The van der Waals surface area contributed by atoms with E-state index in [0.717, 1.165) is 31.2 Å². The lowest BCUT2D eigenvalue weighted by atomic mass is 9.95. The minimum absolute atomic E-state index is 0.0203. The van der Waals surface area contributed by atoms with E-state index in [9.17, 15) is 9.59 Å². The van der Waals surface area contributed by atoms with Crippen LogP contribution in [-0.2, 0) is 16.1 Å². The molecule has 1 fully saturated rings. The minimum atomic E-state index is 0.0203. The van der Waals surface area contributed by atoms with Crippen molar-refractivity contribution < 1.29 is 9.59 Å². The molecule has 0 unspecified atom stereocenters. The van der Waals surface area contributed by atoms with Gasteiger partial charge < -0.3 is 10.2 Å². The molecule has 0 radical (unpaired) electrons. The van der Waals surface area contributed by atoms with Gasteiger partial charge in [0.2, 0.25) is 11.8 Å². The average molecular weight is 303 g/mol. The van der Waals surface area contributed by atoms with Gasteiger partial charge in [0.25, 0.3) is 0 Å². The van der Waals surface area contributed by atoms with Crippen LogP contribution in [0.15, 0.2) is 24.5 Å². The van der Waals surface area contributed by atoms with Crippen LogP contribution in [0, 0.1) is 5.92 Å². The summed E-state index contributed by atoms with van der Waals surface area (Å²) >= 11 is 0. The first-order chi connectivity index (χ1) is 10.7. The Balaban J connectivity index is 1.72. The lowest BCUT2D eigenvalue weighted by Crippen LogP contribution is -2.42. The maximum absolute atomic E-state index is 12.2. The van der Waals surface area contributed by atoms with Gasteiger partial charge in [-0.15, -0.1) is 0 Å². The zero-order valence-corrected chi connectivity index (χ0v) is 13.3. The lowest BCUT2D eigenvalue weighted by molar-refractivity contribution is -0.135. The molecule has 5 nitrogen and oxygen atoms in total. The highest BCUT2D eigenvalue weighted by atomic mass is 16.2. The fourth-order valence-corrected chi connectivity index (χ4v) is 2.71. The standard InChI is InChI=1S/C17H25N3O2/c1-2-3-6-16(21)20-10-7-15(8-11-20)17(22)19-13-14-5-4-9-18-12-14/h4-5,9,12,15H,2-3,6-8,10-11,13H2,1H3,(H,19,22). The molecule has 0 saturated carbocycles. The molecular formula is C17H25N3O2. The summed E-state index contributed by atoms with van der Waals surface area (Å²) in [6.07, 6.45) is 7.62. The SMILES string of the molecule is CCCCC(=O)N1CCC(C(=O)NCc2cccnc2)CC1. The predicted octanol–water partition coefficient (Wildman–Crippen LogP) is 2.13. The largest absolute Gasteiger partial charge is 0.352 e. The number of pyridine rings is 1. The molecule has 2 amide bonds. The van der Waals surface area contributed by atoms with E-state index >= 15 is 0 Å². The van der Waals surface area contributed by atoms with Crippen molar-refractivity contribution in [1.29, 1.82) is 0 Å². The van der Waals surface area contributed by atoms with Crippen LogP contribution in [-0.4, -0.2) is 34.8 Å². The molecule has 1 aliphatic heterocycles. The highest BCUT2D eigenvalue weighted by Gasteiger charge is 2.26. The number of aromatic nitrogens is 1. The fraction of sp³-hybridized carbons (Fsp3) is 0.588. The quantitative estimate of drug-likeness (QED) is 0.875. The first kappa shape index (κ1) is 16.5. The molecule has 22 heavy (non-hydrogen) atoms. The third-order valence-electron chi connectivity index (χ3n) is 4.15. The summed E-state index contributed by atoms with van der Waals surface area (Å²) < 4.78 is 0. The Morgan fingerprint density at radius 1 is 1.36 bits per heavy atom. The topological polar surface area (TPSA) is 62.3 Å². The van der Waals surface area contributed by atoms with Crippen molar-refractivity contribution >= 4 is 11.8 Å². The molecule has 0 aliphatic carbocycles. The summed E-state index contributed by atoms with van der Waals surface area (Å²) in [6, 6.07) is 3.81. The van der Waals surface area contributed by atoms with Crippen molar-refractivity contribution in [3.63, 3.8) is 0 Å². The number of rotatable bonds is 6. The maximum atomic E-state index is 12.2. The van der Waals surface area contributed by atoms with E-state index in [1.165, 1.54) is 0 Å². The zero-order valence-electron chi connectivity index (χ0n) is 13.3. The monoisotopic (exact) mass is 303 g/mol. The molecule has 1 aliphatic rings. The Morgan fingerprint density at radius 2 is 2.14 bits per heavy atom. The molecule has 1 N–H and O–H groups in total. The Labute approximate surface area is 132 Å². The van der Waals surface area contributed by atoms with E-state index in [1.54, 1.807) is 12.4 Å². The molecule has 1 saturated heterocycles. The number of amides is 2. The summed E-state index contributed by atoms with van der Waals surface area (Å²) in [7, 11) is 0. The van der Waals surface area contributed by atoms with E-state index < -0.39 is 0 Å². The van der Waals surface area contributed by atoms with Gasteiger partial charge in [-0.2, -0.15) is 0 Å². The second-order valence-electron chi connectivity index (χ2n) is 5.84. The van der Waals surface area contributed by atoms with Crippen molar-refractivity contribution in [3.8, 4) is 0 Å². The summed E-state index contributed by atoms with van der Waals surface area (Å²) in [5.74, 6) is 0.340. The number of likely N-dealkylation sites (tertiary alicyclic amines) is 1. The molecule has 5 heteroatoms. The van der Waals surface area contributed by atoms with Crippen LogP contribution in [0.3, 0.4) is 0 Å². The number of hydrogen-bond donors (Lipinski definition) is 1. The highest BCUT2D eigenvalue weighted by molar-refractivity contribution is 5.80. The van der Waals surface area contributed by atoms with Gasteiger partial charge in [-0.1, -0.05) is 19.4 Å². The van der Waals surface area contributed by atoms with Crippen LogP contribution in [0.4, 0.5) is 0 Å². The molecule has 2 heterocycles. The molecule has 2 rings (SSSR count). The second-order valence-corrected chi connectivity index (χ2v) is 5.84. The molecule has 0 atom stereocenters. The molecule has 1 aromatic heterocycles. The van der Waals surface area contributed by atoms with E-state index in [2.05, 4.69) is 17.2 Å². The van der Waals surface area contributed by atoms with Crippen molar-refractivity contribution in [2.24, 2.45) is 5.92 Å². The predicted molar refractivity (Wildman–Crippen MR) is 84.9 cm³/mol. The van der Waals surface area contributed by atoms with Gasteiger partial charge in [-0.3, -0.25) is 14.6 Å². The summed E-state index contributed by atoms with van der Waals surface area (Å²) in [5.41, 5.74) is 1.00. The van der Waals surface area contributed by atoms with Gasteiger partial charge in [0.1, 0.15) is 0 Å². The van der Waals surface area contributed by atoms with Crippen LogP contribution in [0.2, 0.25) is 0 Å². The van der Waals surface area contributed by atoms with E-state index in [0.29, 0.717) is 26.1 Å². The number of carbonyl (C=O) groups excluding carboxylic acids is 2. The average Bonchev–Trinajstić information content (AvgIpc) is 2.58.